The summed E-state index contributed by atoms with van der Waals surface area (Å²) in [6.45, 7) is 1.62. The van der Waals surface area contributed by atoms with E-state index in [4.69, 9.17) is 5.73 Å². The van der Waals surface area contributed by atoms with Crippen LogP contribution in [0.1, 0.15) is 29.4 Å². The molecule has 1 aromatic heterocycles. The molecule has 84 valence electrons. The Hall–Kier alpha value is -1.37. The molecular formula is C8H10F3N3O. The van der Waals surface area contributed by atoms with Crippen molar-refractivity contribution in [2.24, 2.45) is 5.73 Å². The van der Waals surface area contributed by atoms with Gasteiger partial charge in [-0.3, -0.25) is 9.89 Å². The molecule has 1 aromatic rings. The number of hydrogen-bond donors (Lipinski definition) is 2. The van der Waals surface area contributed by atoms with Gasteiger partial charge in [-0.25, -0.2) is 0 Å². The lowest BCUT2D eigenvalue weighted by molar-refractivity contribution is -0.141. The van der Waals surface area contributed by atoms with Crippen LogP contribution in [0.3, 0.4) is 0 Å². The number of H-pyrrole nitrogens is 1. The molecule has 0 aliphatic carbocycles. The van der Waals surface area contributed by atoms with Gasteiger partial charge in [0.1, 0.15) is 5.69 Å². The summed E-state index contributed by atoms with van der Waals surface area (Å²) in [5.41, 5.74) is 3.72. The topological polar surface area (TPSA) is 71.8 Å². The number of nitrogens with zero attached hydrogens (tertiary/aromatic N) is 1. The molecule has 1 unspecified atom stereocenters. The number of nitrogens with two attached hydrogens (primary N) is 1. The molecule has 1 rings (SSSR count). The van der Waals surface area contributed by atoms with Crippen molar-refractivity contribution in [2.75, 3.05) is 0 Å². The van der Waals surface area contributed by atoms with E-state index < -0.39 is 29.3 Å². The van der Waals surface area contributed by atoms with Crippen molar-refractivity contribution in [1.29, 1.82) is 0 Å². The van der Waals surface area contributed by atoms with Crippen LogP contribution in [0, 0.1) is 0 Å². The van der Waals surface area contributed by atoms with E-state index in [1.165, 1.54) is 0 Å². The van der Waals surface area contributed by atoms with E-state index in [0.717, 1.165) is 6.20 Å². The number of carbonyl (C=O) groups excluding carboxylic acids is 1. The molecule has 3 N–H and O–H groups in total. The minimum absolute atomic E-state index is 0.279. The maximum atomic E-state index is 12.3. The van der Waals surface area contributed by atoms with Gasteiger partial charge in [-0.15, -0.1) is 0 Å². The summed E-state index contributed by atoms with van der Waals surface area (Å²) in [6, 6.07) is -0.927. The number of aromatic amines is 1. The van der Waals surface area contributed by atoms with Crippen LogP contribution in [-0.4, -0.2) is 22.0 Å². The molecule has 0 bridgehead atoms. The largest absolute Gasteiger partial charge is 0.433 e. The Balaban J connectivity index is 3.06. The predicted octanol–water partition coefficient (Wildman–Crippen LogP) is 1.35. The highest BCUT2D eigenvalue weighted by Crippen LogP contribution is 2.30. The minimum atomic E-state index is -4.62. The monoisotopic (exact) mass is 221 g/mol. The van der Waals surface area contributed by atoms with Gasteiger partial charge in [-0.2, -0.15) is 18.3 Å². The van der Waals surface area contributed by atoms with Crippen LogP contribution in [0.25, 0.3) is 0 Å². The fraction of sp³-hybridized carbons (Fsp3) is 0.500. The summed E-state index contributed by atoms with van der Waals surface area (Å²) in [5.74, 6) is -0.751. The molecular weight excluding hydrogens is 211 g/mol. The van der Waals surface area contributed by atoms with Gasteiger partial charge in [0.15, 0.2) is 5.78 Å². The van der Waals surface area contributed by atoms with Crippen LogP contribution in [0.4, 0.5) is 13.2 Å². The van der Waals surface area contributed by atoms with Crippen molar-refractivity contribution >= 4 is 5.78 Å². The minimum Gasteiger partial charge on any atom is -0.321 e. The van der Waals surface area contributed by atoms with Gasteiger partial charge < -0.3 is 5.73 Å². The number of rotatable bonds is 3. The number of nitrogens with one attached hydrogen (secondary N) is 1. The summed E-state index contributed by atoms with van der Waals surface area (Å²) in [4.78, 5) is 11.4. The van der Waals surface area contributed by atoms with Crippen molar-refractivity contribution < 1.29 is 18.0 Å². The van der Waals surface area contributed by atoms with E-state index in [1.807, 2.05) is 0 Å². The lowest BCUT2D eigenvalue weighted by Gasteiger charge is -2.09. The standard InChI is InChI=1S/C8H10F3N3O/c1-2-5(12)6(15)4-3-13-14-7(4)8(9,10)11/h3,5H,2,12H2,1H3,(H,13,14). The molecule has 0 amide bonds. The first-order valence-electron chi connectivity index (χ1n) is 4.28. The number of hydrogen-bond acceptors (Lipinski definition) is 3. The normalized spacial score (nSPS) is 13.9. The molecule has 0 aliphatic heterocycles. The van der Waals surface area contributed by atoms with Crippen molar-refractivity contribution in [3.8, 4) is 0 Å². The first-order valence-corrected chi connectivity index (χ1v) is 4.28. The zero-order valence-corrected chi connectivity index (χ0v) is 7.93. The maximum Gasteiger partial charge on any atom is 0.433 e. The van der Waals surface area contributed by atoms with Crippen LogP contribution < -0.4 is 5.73 Å². The van der Waals surface area contributed by atoms with Crippen molar-refractivity contribution in [3.63, 3.8) is 0 Å². The van der Waals surface area contributed by atoms with Crippen LogP contribution >= 0.6 is 0 Å². The molecule has 4 nitrogen and oxygen atoms in total. The van der Waals surface area contributed by atoms with Crippen molar-refractivity contribution in [1.82, 2.24) is 10.2 Å². The number of Topliss-reactive ketones (excluding diaryl/α,β-unsaturated/α-hetero) is 1. The number of halogens is 3. The first-order chi connectivity index (χ1) is 6.88. The highest BCUT2D eigenvalue weighted by molar-refractivity contribution is 6.00. The number of aromatic nitrogens is 2. The summed E-state index contributed by atoms with van der Waals surface area (Å²) >= 11 is 0. The third kappa shape index (κ3) is 2.35. The number of carbonyl (C=O) groups is 1. The molecule has 0 radical (unpaired) electrons. The molecule has 1 atom stereocenters. The fourth-order valence-electron chi connectivity index (χ4n) is 1.07. The van der Waals surface area contributed by atoms with Crippen LogP contribution in [-0.2, 0) is 6.18 Å². The molecule has 0 saturated carbocycles. The Labute approximate surface area is 83.7 Å². The van der Waals surface area contributed by atoms with Crippen LogP contribution in [0.2, 0.25) is 0 Å². The molecule has 0 aromatic carbocycles. The zero-order chi connectivity index (χ0) is 11.6. The van der Waals surface area contributed by atoms with E-state index in [-0.39, 0.29) is 6.42 Å². The maximum absolute atomic E-state index is 12.3. The third-order valence-electron chi connectivity index (χ3n) is 1.96. The Bertz CT molecular complexity index is 358. The van der Waals surface area contributed by atoms with Gasteiger partial charge in [0.2, 0.25) is 0 Å². The van der Waals surface area contributed by atoms with Crippen molar-refractivity contribution in [2.45, 2.75) is 25.6 Å². The summed E-state index contributed by atoms with van der Waals surface area (Å²) in [7, 11) is 0. The average molecular weight is 221 g/mol. The lowest BCUT2D eigenvalue weighted by Crippen LogP contribution is -2.30. The molecule has 15 heavy (non-hydrogen) atoms. The Morgan fingerprint density at radius 3 is 2.73 bits per heavy atom. The number of ketones is 1. The quantitative estimate of drug-likeness (QED) is 0.756. The second kappa shape index (κ2) is 4.01. The van der Waals surface area contributed by atoms with E-state index in [2.05, 4.69) is 5.10 Å². The van der Waals surface area contributed by atoms with Gasteiger partial charge in [-0.1, -0.05) is 6.92 Å². The van der Waals surface area contributed by atoms with Crippen LogP contribution in [0.5, 0.6) is 0 Å². The van der Waals surface area contributed by atoms with E-state index in [0.29, 0.717) is 0 Å². The van der Waals surface area contributed by atoms with Gasteiger partial charge in [-0.05, 0) is 6.42 Å². The zero-order valence-electron chi connectivity index (χ0n) is 7.93. The Morgan fingerprint density at radius 2 is 2.27 bits per heavy atom. The van der Waals surface area contributed by atoms with Gasteiger partial charge in [0, 0.05) is 0 Å². The van der Waals surface area contributed by atoms with Gasteiger partial charge in [0.25, 0.3) is 0 Å². The summed E-state index contributed by atoms with van der Waals surface area (Å²) in [5, 5.41) is 4.96. The molecule has 0 fully saturated rings. The number of alkyl halides is 3. The fourth-order valence-corrected chi connectivity index (χ4v) is 1.07. The molecule has 0 aliphatic rings. The highest BCUT2D eigenvalue weighted by atomic mass is 19.4. The van der Waals surface area contributed by atoms with Crippen LogP contribution in [0.15, 0.2) is 6.20 Å². The lowest BCUT2D eigenvalue weighted by atomic mass is 10.0. The van der Waals surface area contributed by atoms with Crippen molar-refractivity contribution in [3.05, 3.63) is 17.5 Å². The molecule has 0 saturated heterocycles. The second-order valence-electron chi connectivity index (χ2n) is 3.04. The second-order valence-corrected chi connectivity index (χ2v) is 3.04. The van der Waals surface area contributed by atoms with E-state index in [9.17, 15) is 18.0 Å². The first kappa shape index (κ1) is 11.7. The highest BCUT2D eigenvalue weighted by Gasteiger charge is 2.38. The molecule has 7 heteroatoms. The Kier molecular flexibility index (Phi) is 3.13. The summed E-state index contributed by atoms with van der Waals surface area (Å²) < 4.78 is 37.0. The molecule has 0 spiro atoms. The SMILES string of the molecule is CCC(N)C(=O)c1cn[nH]c1C(F)(F)F. The summed E-state index contributed by atoms with van der Waals surface area (Å²) in [6.07, 6.45) is -3.49. The van der Waals surface area contributed by atoms with E-state index >= 15 is 0 Å². The third-order valence-corrected chi connectivity index (χ3v) is 1.96. The van der Waals surface area contributed by atoms with Gasteiger partial charge >= 0.3 is 6.18 Å². The van der Waals surface area contributed by atoms with Gasteiger partial charge in [0.05, 0.1) is 17.8 Å². The Morgan fingerprint density at radius 1 is 1.67 bits per heavy atom. The average Bonchev–Trinajstić information content (AvgIpc) is 2.63. The molecule has 1 heterocycles. The van der Waals surface area contributed by atoms with E-state index in [1.54, 1.807) is 12.0 Å². The predicted molar refractivity (Wildman–Crippen MR) is 46.2 cm³/mol. The smallest absolute Gasteiger partial charge is 0.321 e.